The van der Waals surface area contributed by atoms with Gasteiger partial charge in [0, 0.05) is 6.54 Å². The Bertz CT molecular complexity index is 622. The summed E-state index contributed by atoms with van der Waals surface area (Å²) in [5.41, 5.74) is 0.485. The third kappa shape index (κ3) is 5.30. The summed E-state index contributed by atoms with van der Waals surface area (Å²) in [6.45, 7) is 1.96. The van der Waals surface area contributed by atoms with Crippen LogP contribution in [0.3, 0.4) is 0 Å². The molecule has 0 aliphatic heterocycles. The van der Waals surface area contributed by atoms with Gasteiger partial charge in [0.15, 0.2) is 9.84 Å². The fourth-order valence-electron chi connectivity index (χ4n) is 2.88. The molecule has 4 nitrogen and oxygen atoms in total. The van der Waals surface area contributed by atoms with Gasteiger partial charge in [0.1, 0.15) is 11.1 Å². The molecule has 0 saturated heterocycles. The summed E-state index contributed by atoms with van der Waals surface area (Å²) in [6, 6.07) is 5.30. The zero-order chi connectivity index (χ0) is 16.9. The molecule has 6 heteroatoms. The first kappa shape index (κ1) is 17.9. The van der Waals surface area contributed by atoms with Crippen molar-refractivity contribution in [3.05, 3.63) is 35.6 Å². The first-order chi connectivity index (χ1) is 10.9. The van der Waals surface area contributed by atoms with Crippen LogP contribution in [0.25, 0.3) is 0 Å². The van der Waals surface area contributed by atoms with Crippen LogP contribution in [-0.2, 0) is 20.4 Å². The Labute approximate surface area is 137 Å². The highest BCUT2D eigenvalue weighted by molar-refractivity contribution is 7.92. The van der Waals surface area contributed by atoms with Crippen LogP contribution in [0.2, 0.25) is 0 Å². The molecule has 0 bridgehead atoms. The molecule has 1 saturated carbocycles. The number of rotatable bonds is 6. The number of amides is 1. The summed E-state index contributed by atoms with van der Waals surface area (Å²) in [4.78, 5) is 12.1. The Balaban J connectivity index is 1.89. The molecule has 0 heterocycles. The van der Waals surface area contributed by atoms with Crippen molar-refractivity contribution in [3.8, 4) is 0 Å². The van der Waals surface area contributed by atoms with Crippen molar-refractivity contribution in [2.24, 2.45) is 5.92 Å². The summed E-state index contributed by atoms with van der Waals surface area (Å²) in [7, 11) is -3.61. The van der Waals surface area contributed by atoms with Crippen LogP contribution in [0.1, 0.15) is 44.6 Å². The van der Waals surface area contributed by atoms with Crippen molar-refractivity contribution in [1.82, 2.24) is 5.32 Å². The van der Waals surface area contributed by atoms with E-state index in [1.165, 1.54) is 50.5 Å². The van der Waals surface area contributed by atoms with Gasteiger partial charge in [0.05, 0.1) is 5.75 Å². The topological polar surface area (TPSA) is 63.2 Å². The van der Waals surface area contributed by atoms with Gasteiger partial charge in [-0.2, -0.15) is 0 Å². The molecule has 0 radical (unpaired) electrons. The van der Waals surface area contributed by atoms with Crippen LogP contribution >= 0.6 is 0 Å². The van der Waals surface area contributed by atoms with Gasteiger partial charge in [-0.1, -0.05) is 31.4 Å². The van der Waals surface area contributed by atoms with Crippen LogP contribution in [0.15, 0.2) is 24.3 Å². The van der Waals surface area contributed by atoms with Gasteiger partial charge >= 0.3 is 0 Å². The minimum Gasteiger partial charge on any atom is -0.355 e. The standard InChI is InChI=1S/C17H24FNO3S/c1-13(17(20)19-11-14-5-3-2-4-6-14)23(21,22)12-15-7-9-16(18)10-8-15/h7-10,13-14H,2-6,11-12H2,1H3,(H,19,20)/t13-/m1/s1. The average molecular weight is 341 g/mol. The van der Waals surface area contributed by atoms with Gasteiger partial charge in [-0.25, -0.2) is 12.8 Å². The third-order valence-corrected chi connectivity index (χ3v) is 6.51. The molecule has 23 heavy (non-hydrogen) atoms. The highest BCUT2D eigenvalue weighted by Crippen LogP contribution is 2.23. The molecular formula is C17H24FNO3S. The molecule has 2 rings (SSSR count). The molecule has 1 aromatic carbocycles. The number of carbonyl (C=O) groups excluding carboxylic acids is 1. The SMILES string of the molecule is C[C@H](C(=O)NCC1CCCCC1)S(=O)(=O)Cc1ccc(F)cc1. The maximum absolute atomic E-state index is 12.9. The summed E-state index contributed by atoms with van der Waals surface area (Å²) < 4.78 is 37.5. The van der Waals surface area contributed by atoms with E-state index in [4.69, 9.17) is 0 Å². The van der Waals surface area contributed by atoms with Crippen molar-refractivity contribution in [2.45, 2.75) is 50.0 Å². The third-order valence-electron chi connectivity index (χ3n) is 4.48. The van der Waals surface area contributed by atoms with E-state index in [0.717, 1.165) is 12.8 Å². The summed E-state index contributed by atoms with van der Waals surface area (Å²) in [5.74, 6) is -0.660. The first-order valence-electron chi connectivity index (χ1n) is 8.12. The van der Waals surface area contributed by atoms with Crippen LogP contribution in [0, 0.1) is 11.7 Å². The van der Waals surface area contributed by atoms with E-state index in [1.807, 2.05) is 0 Å². The molecule has 0 unspecified atom stereocenters. The van der Waals surface area contributed by atoms with E-state index in [0.29, 0.717) is 18.0 Å². The Morgan fingerprint density at radius 3 is 2.43 bits per heavy atom. The minimum absolute atomic E-state index is 0.259. The van der Waals surface area contributed by atoms with E-state index in [9.17, 15) is 17.6 Å². The lowest BCUT2D eigenvalue weighted by atomic mass is 9.89. The van der Waals surface area contributed by atoms with Gasteiger partial charge in [-0.15, -0.1) is 0 Å². The lowest BCUT2D eigenvalue weighted by Gasteiger charge is -2.22. The number of nitrogens with one attached hydrogen (secondary N) is 1. The molecule has 1 aliphatic carbocycles. The summed E-state index contributed by atoms with van der Waals surface area (Å²) >= 11 is 0. The van der Waals surface area contributed by atoms with Crippen LogP contribution in [-0.4, -0.2) is 26.1 Å². The van der Waals surface area contributed by atoms with Crippen LogP contribution < -0.4 is 5.32 Å². The molecule has 128 valence electrons. The van der Waals surface area contributed by atoms with E-state index in [-0.39, 0.29) is 5.75 Å². The van der Waals surface area contributed by atoms with E-state index < -0.39 is 26.8 Å². The van der Waals surface area contributed by atoms with E-state index >= 15 is 0 Å². The Morgan fingerprint density at radius 1 is 1.22 bits per heavy atom. The zero-order valence-corrected chi connectivity index (χ0v) is 14.2. The van der Waals surface area contributed by atoms with E-state index in [2.05, 4.69) is 5.32 Å². The Kier molecular flexibility index (Phi) is 6.16. The maximum atomic E-state index is 12.9. The lowest BCUT2D eigenvalue weighted by molar-refractivity contribution is -0.120. The van der Waals surface area contributed by atoms with Gasteiger partial charge in [0.25, 0.3) is 0 Å². The molecule has 0 aromatic heterocycles. The highest BCUT2D eigenvalue weighted by Gasteiger charge is 2.28. The van der Waals surface area contributed by atoms with Gasteiger partial charge in [-0.3, -0.25) is 4.79 Å². The number of sulfone groups is 1. The quantitative estimate of drug-likeness (QED) is 0.865. The predicted molar refractivity (Wildman–Crippen MR) is 88.1 cm³/mol. The number of benzene rings is 1. The monoisotopic (exact) mass is 341 g/mol. The predicted octanol–water partition coefficient (Wildman–Crippen LogP) is 2.83. The average Bonchev–Trinajstić information content (AvgIpc) is 2.55. The van der Waals surface area contributed by atoms with Crippen molar-refractivity contribution < 1.29 is 17.6 Å². The molecular weight excluding hydrogens is 317 g/mol. The van der Waals surface area contributed by atoms with Gasteiger partial charge in [-0.05, 0) is 43.4 Å². The van der Waals surface area contributed by atoms with Gasteiger partial charge in [0.2, 0.25) is 5.91 Å². The molecule has 1 atom stereocenters. The first-order valence-corrected chi connectivity index (χ1v) is 9.84. The summed E-state index contributed by atoms with van der Waals surface area (Å²) in [5, 5.41) is 1.67. The Morgan fingerprint density at radius 2 is 1.83 bits per heavy atom. The lowest BCUT2D eigenvalue weighted by Crippen LogP contribution is -2.40. The van der Waals surface area contributed by atoms with E-state index in [1.54, 1.807) is 0 Å². The molecule has 1 aromatic rings. The summed E-state index contributed by atoms with van der Waals surface area (Å²) in [6.07, 6.45) is 5.79. The number of hydrogen-bond acceptors (Lipinski definition) is 3. The molecule has 0 spiro atoms. The largest absolute Gasteiger partial charge is 0.355 e. The van der Waals surface area contributed by atoms with Gasteiger partial charge < -0.3 is 5.32 Å². The normalized spacial score (nSPS) is 17.7. The second-order valence-electron chi connectivity index (χ2n) is 6.33. The number of halogens is 1. The van der Waals surface area contributed by atoms with Crippen molar-refractivity contribution in [3.63, 3.8) is 0 Å². The molecule has 1 amide bonds. The molecule has 1 N–H and O–H groups in total. The fourth-order valence-corrected chi connectivity index (χ4v) is 4.20. The highest BCUT2D eigenvalue weighted by atomic mass is 32.2. The van der Waals surface area contributed by atoms with Crippen molar-refractivity contribution in [1.29, 1.82) is 0 Å². The minimum atomic E-state index is -3.61. The molecule has 1 fully saturated rings. The zero-order valence-electron chi connectivity index (χ0n) is 13.4. The second-order valence-corrected chi connectivity index (χ2v) is 8.65. The van der Waals surface area contributed by atoms with Crippen molar-refractivity contribution >= 4 is 15.7 Å². The van der Waals surface area contributed by atoms with Crippen LogP contribution in [0.5, 0.6) is 0 Å². The van der Waals surface area contributed by atoms with Crippen LogP contribution in [0.4, 0.5) is 4.39 Å². The van der Waals surface area contributed by atoms with Crippen molar-refractivity contribution in [2.75, 3.05) is 6.54 Å². The smallest absolute Gasteiger partial charge is 0.238 e. The second kappa shape index (κ2) is 7.90. The number of hydrogen-bond donors (Lipinski definition) is 1. The number of carbonyl (C=O) groups is 1. The fraction of sp³-hybridized carbons (Fsp3) is 0.588. The molecule has 1 aliphatic rings. The maximum Gasteiger partial charge on any atom is 0.238 e. The Hall–Kier alpha value is -1.43.